The highest BCUT2D eigenvalue weighted by Crippen LogP contribution is 2.43. The van der Waals surface area contributed by atoms with E-state index in [0.717, 1.165) is 25.7 Å². The molecule has 0 bridgehead atoms. The smallest absolute Gasteiger partial charge is 0.329 e. The molecule has 1 N–H and O–H groups in total. The van der Waals surface area contributed by atoms with Crippen LogP contribution in [0.3, 0.4) is 0 Å². The fourth-order valence-electron chi connectivity index (χ4n) is 2.35. The number of likely N-dealkylation sites (N-methyl/N-ethyl adjacent to an activating group) is 1. The number of allylic oxidation sites excluding steroid dienone is 7. The maximum absolute atomic E-state index is 11.7. The van der Waals surface area contributed by atoms with Gasteiger partial charge >= 0.3 is 7.82 Å². The zero-order valence-corrected chi connectivity index (χ0v) is 19.4. The van der Waals surface area contributed by atoms with Gasteiger partial charge in [0.05, 0.1) is 27.7 Å². The number of benzene rings is 1. The lowest BCUT2D eigenvalue weighted by atomic mass is 10.2. The van der Waals surface area contributed by atoms with Crippen molar-refractivity contribution in [3.05, 3.63) is 78.4 Å². The van der Waals surface area contributed by atoms with Crippen molar-refractivity contribution in [2.24, 2.45) is 0 Å². The van der Waals surface area contributed by atoms with E-state index in [2.05, 4.69) is 24.3 Å². The first-order valence-electron chi connectivity index (χ1n) is 10.4. The largest absolute Gasteiger partial charge is 0.472 e. The lowest BCUT2D eigenvalue weighted by molar-refractivity contribution is -0.870. The Labute approximate surface area is 182 Å². The summed E-state index contributed by atoms with van der Waals surface area (Å²) in [5.74, 6) is 0. The molecule has 0 aliphatic carbocycles. The van der Waals surface area contributed by atoms with Crippen LogP contribution in [0.25, 0.3) is 6.08 Å². The van der Waals surface area contributed by atoms with E-state index in [-0.39, 0.29) is 13.2 Å². The van der Waals surface area contributed by atoms with E-state index in [4.69, 9.17) is 9.05 Å². The third kappa shape index (κ3) is 16.1. The van der Waals surface area contributed by atoms with Gasteiger partial charge in [-0.1, -0.05) is 85.4 Å². The zero-order valence-electron chi connectivity index (χ0n) is 18.5. The van der Waals surface area contributed by atoms with Gasteiger partial charge in [-0.05, 0) is 24.8 Å². The van der Waals surface area contributed by atoms with E-state index in [9.17, 15) is 9.46 Å². The first-order valence-corrected chi connectivity index (χ1v) is 11.9. The number of unbranched alkanes of at least 4 members (excludes halogenated alkanes) is 3. The Morgan fingerprint density at radius 3 is 2.20 bits per heavy atom. The summed E-state index contributed by atoms with van der Waals surface area (Å²) in [6.07, 6.45) is 19.9. The van der Waals surface area contributed by atoms with Crippen molar-refractivity contribution in [3.63, 3.8) is 0 Å². The Balaban J connectivity index is 2.03. The normalized spacial score (nSPS) is 15.1. The van der Waals surface area contributed by atoms with E-state index >= 15 is 0 Å². The summed E-state index contributed by atoms with van der Waals surface area (Å²) < 4.78 is 22.4. The van der Waals surface area contributed by atoms with Crippen LogP contribution in [-0.2, 0) is 13.6 Å². The molecule has 0 aliphatic rings. The summed E-state index contributed by atoms with van der Waals surface area (Å²) in [4.78, 5) is 9.62. The Morgan fingerprint density at radius 2 is 1.50 bits per heavy atom. The Bertz CT molecular complexity index is 733. The summed E-state index contributed by atoms with van der Waals surface area (Å²) in [5, 5.41) is 0. The summed E-state index contributed by atoms with van der Waals surface area (Å²) in [6.45, 7) is 1.09. The molecule has 0 heterocycles. The van der Waals surface area contributed by atoms with E-state index < -0.39 is 7.82 Å². The van der Waals surface area contributed by atoms with Gasteiger partial charge < -0.3 is 9.38 Å². The third-order valence-corrected chi connectivity index (χ3v) is 5.08. The Morgan fingerprint density at radius 1 is 0.867 bits per heavy atom. The van der Waals surface area contributed by atoms with Crippen molar-refractivity contribution < 1.29 is 23.0 Å². The van der Waals surface area contributed by atoms with Gasteiger partial charge in [0.2, 0.25) is 0 Å². The average molecular weight is 435 g/mol. The first kappa shape index (κ1) is 26.3. The number of phosphoric ester groups is 1. The second-order valence-electron chi connectivity index (χ2n) is 7.97. The van der Waals surface area contributed by atoms with Gasteiger partial charge in [-0.25, -0.2) is 4.57 Å². The van der Waals surface area contributed by atoms with Crippen LogP contribution in [0.5, 0.6) is 0 Å². The molecular formula is C24H37NO4P+. The SMILES string of the molecule is C[N+](C)(C)CCOP(=O)(O)OCCCCC/C=C/C=C/C=C/C=C/c1ccccc1. The highest BCUT2D eigenvalue weighted by molar-refractivity contribution is 7.47. The molecule has 0 saturated carbocycles. The maximum atomic E-state index is 11.7. The zero-order chi connectivity index (χ0) is 22.1. The molecule has 0 radical (unpaired) electrons. The van der Waals surface area contributed by atoms with Crippen molar-refractivity contribution in [2.45, 2.75) is 25.7 Å². The molecule has 166 valence electrons. The topological polar surface area (TPSA) is 55.8 Å². The van der Waals surface area contributed by atoms with Gasteiger partial charge in [0.25, 0.3) is 0 Å². The van der Waals surface area contributed by atoms with Crippen LogP contribution in [-0.4, -0.2) is 50.3 Å². The van der Waals surface area contributed by atoms with Crippen LogP contribution in [0.1, 0.15) is 31.2 Å². The van der Waals surface area contributed by atoms with Crippen molar-refractivity contribution in [3.8, 4) is 0 Å². The molecule has 5 nitrogen and oxygen atoms in total. The fraction of sp³-hybridized carbons (Fsp3) is 0.417. The van der Waals surface area contributed by atoms with Crippen LogP contribution in [0, 0.1) is 0 Å². The van der Waals surface area contributed by atoms with Gasteiger partial charge in [-0.15, -0.1) is 0 Å². The highest BCUT2D eigenvalue weighted by Gasteiger charge is 2.21. The van der Waals surface area contributed by atoms with Gasteiger partial charge in [-0.3, -0.25) is 9.05 Å². The second-order valence-corrected chi connectivity index (χ2v) is 9.42. The number of nitrogens with zero attached hydrogens (tertiary/aromatic N) is 1. The van der Waals surface area contributed by atoms with Gasteiger partial charge in [0.15, 0.2) is 0 Å². The van der Waals surface area contributed by atoms with Gasteiger partial charge in [-0.2, -0.15) is 0 Å². The summed E-state index contributed by atoms with van der Waals surface area (Å²) in [6, 6.07) is 10.2. The molecule has 0 saturated heterocycles. The lowest BCUT2D eigenvalue weighted by Crippen LogP contribution is -2.37. The Kier molecular flexibility index (Phi) is 13.2. The van der Waals surface area contributed by atoms with E-state index in [1.165, 1.54) is 5.56 Å². The monoisotopic (exact) mass is 434 g/mol. The maximum Gasteiger partial charge on any atom is 0.472 e. The molecule has 1 atom stereocenters. The fourth-order valence-corrected chi connectivity index (χ4v) is 3.10. The van der Waals surface area contributed by atoms with Crippen molar-refractivity contribution in [1.29, 1.82) is 0 Å². The summed E-state index contributed by atoms with van der Waals surface area (Å²) in [5.41, 5.74) is 1.19. The molecule has 1 aromatic rings. The molecule has 1 rings (SSSR count). The number of phosphoric acid groups is 1. The van der Waals surface area contributed by atoms with E-state index in [0.29, 0.717) is 11.0 Å². The van der Waals surface area contributed by atoms with Crippen LogP contribution >= 0.6 is 7.82 Å². The van der Waals surface area contributed by atoms with Crippen molar-refractivity contribution in [2.75, 3.05) is 40.9 Å². The number of hydrogen-bond donors (Lipinski definition) is 1. The number of quaternary nitrogens is 1. The predicted octanol–water partition coefficient (Wildman–Crippen LogP) is 5.77. The number of rotatable bonds is 15. The van der Waals surface area contributed by atoms with Gasteiger partial charge in [0.1, 0.15) is 13.2 Å². The number of hydrogen-bond acceptors (Lipinski definition) is 3. The van der Waals surface area contributed by atoms with Crippen LogP contribution in [0.15, 0.2) is 72.9 Å². The third-order valence-electron chi connectivity index (χ3n) is 4.07. The lowest BCUT2D eigenvalue weighted by Gasteiger charge is -2.24. The molecule has 0 amide bonds. The molecule has 0 aliphatic heterocycles. The molecule has 6 heteroatoms. The molecule has 0 spiro atoms. The average Bonchev–Trinajstić information content (AvgIpc) is 2.68. The van der Waals surface area contributed by atoms with Crippen LogP contribution < -0.4 is 0 Å². The molecule has 30 heavy (non-hydrogen) atoms. The Hall–Kier alpha value is -1.75. The van der Waals surface area contributed by atoms with Crippen molar-refractivity contribution in [1.82, 2.24) is 0 Å². The summed E-state index contributed by atoms with van der Waals surface area (Å²) >= 11 is 0. The van der Waals surface area contributed by atoms with Crippen LogP contribution in [0.2, 0.25) is 0 Å². The van der Waals surface area contributed by atoms with Crippen LogP contribution in [0.4, 0.5) is 0 Å². The van der Waals surface area contributed by atoms with E-state index in [1.54, 1.807) is 0 Å². The standard InChI is InChI=1S/C24H36NO4P/c1-25(2,3)21-23-29-30(26,27)28-22-17-12-10-8-6-4-5-7-9-11-14-18-24-19-15-13-16-20-24/h4-7,9,11,13-16,18-20H,8,10,12,17,21-23H2,1-3H3/p+1/b6-4+,7-5+,11-9+,18-14+. The summed E-state index contributed by atoms with van der Waals surface area (Å²) in [7, 11) is 2.07. The molecule has 1 unspecified atom stereocenters. The minimum Gasteiger partial charge on any atom is -0.329 e. The molecule has 0 aromatic heterocycles. The first-order chi connectivity index (χ1) is 14.3. The molecule has 0 fully saturated rings. The van der Waals surface area contributed by atoms with E-state index in [1.807, 2.05) is 75.8 Å². The predicted molar refractivity (Wildman–Crippen MR) is 126 cm³/mol. The quantitative estimate of drug-likeness (QED) is 0.165. The molecular weight excluding hydrogens is 397 g/mol. The highest BCUT2D eigenvalue weighted by atomic mass is 31.2. The van der Waals surface area contributed by atoms with Crippen molar-refractivity contribution >= 4 is 13.9 Å². The second kappa shape index (κ2) is 15.1. The van der Waals surface area contributed by atoms with Gasteiger partial charge in [0, 0.05) is 0 Å². The molecule has 1 aromatic carbocycles. The minimum absolute atomic E-state index is 0.202. The minimum atomic E-state index is -3.92.